The number of methoxy groups -OCH3 is 1. The smallest absolute Gasteiger partial charge is 0.372 e. The largest absolute Gasteiger partial charge is 0.396 e. The minimum Gasteiger partial charge on any atom is -0.396 e. The highest BCUT2D eigenvalue weighted by atomic mass is 28.4. The normalized spacial score (nSPS) is 37.1. The Bertz CT molecular complexity index is 256. The molecule has 1 aliphatic heterocycles. The second-order valence-corrected chi connectivity index (χ2v) is 8.84. The Morgan fingerprint density at radius 2 is 1.82 bits per heavy atom. The third kappa shape index (κ3) is 2.08. The molecular weight excluding hydrogens is 234 g/mol. The van der Waals surface area contributed by atoms with Crippen molar-refractivity contribution in [3.05, 3.63) is 0 Å². The molecule has 1 aliphatic rings. The third-order valence-electron chi connectivity index (χ3n) is 4.35. The van der Waals surface area contributed by atoms with Gasteiger partial charge < -0.3 is 19.3 Å². The zero-order chi connectivity index (χ0) is 13.2. The van der Waals surface area contributed by atoms with Gasteiger partial charge in [0.1, 0.15) is 5.22 Å². The van der Waals surface area contributed by atoms with Gasteiger partial charge >= 0.3 is 8.56 Å². The lowest BCUT2D eigenvalue weighted by molar-refractivity contribution is -0.0610. The van der Waals surface area contributed by atoms with Gasteiger partial charge in [0, 0.05) is 26.9 Å². The summed E-state index contributed by atoms with van der Waals surface area (Å²) in [5.74, 6) is 0. The molecule has 4 nitrogen and oxygen atoms in total. The van der Waals surface area contributed by atoms with Crippen molar-refractivity contribution < 1.29 is 13.6 Å². The molecule has 1 fully saturated rings. The van der Waals surface area contributed by atoms with Gasteiger partial charge in [-0.3, -0.25) is 0 Å². The monoisotopic (exact) mass is 261 g/mol. The van der Waals surface area contributed by atoms with Gasteiger partial charge in [0.2, 0.25) is 0 Å². The summed E-state index contributed by atoms with van der Waals surface area (Å²) in [4.78, 5) is 0. The lowest BCUT2D eigenvalue weighted by Gasteiger charge is -2.56. The highest BCUT2D eigenvalue weighted by Crippen LogP contribution is 2.47. The fraction of sp³-hybridized carbons (Fsp3) is 1.00. The van der Waals surface area contributed by atoms with E-state index in [0.29, 0.717) is 0 Å². The van der Waals surface area contributed by atoms with E-state index in [2.05, 4.69) is 13.8 Å². The van der Waals surface area contributed by atoms with E-state index in [1.54, 1.807) is 21.3 Å². The molecular formula is C12H27NO3Si. The van der Waals surface area contributed by atoms with E-state index in [-0.39, 0.29) is 5.54 Å². The van der Waals surface area contributed by atoms with E-state index in [0.717, 1.165) is 31.7 Å². The number of nitrogens with two attached hydrogens (primary N) is 1. The molecule has 0 aromatic carbocycles. The zero-order valence-corrected chi connectivity index (χ0v) is 12.8. The minimum atomic E-state index is -2.41. The van der Waals surface area contributed by atoms with Crippen LogP contribution in [0.1, 0.15) is 39.5 Å². The van der Waals surface area contributed by atoms with Crippen molar-refractivity contribution in [3.8, 4) is 0 Å². The summed E-state index contributed by atoms with van der Waals surface area (Å²) in [6.45, 7) is 4.22. The highest BCUT2D eigenvalue weighted by Gasteiger charge is 2.66. The van der Waals surface area contributed by atoms with Crippen molar-refractivity contribution in [2.75, 3.05) is 21.3 Å². The Labute approximate surface area is 106 Å². The number of hydrogen-bond donors (Lipinski definition) is 1. The number of hydrogen-bond acceptors (Lipinski definition) is 4. The average Bonchev–Trinajstić information content (AvgIpc) is 2.31. The first-order valence-corrected chi connectivity index (χ1v) is 8.42. The van der Waals surface area contributed by atoms with Crippen LogP contribution in [-0.4, -0.2) is 40.7 Å². The molecule has 17 heavy (non-hydrogen) atoms. The molecule has 0 radical (unpaired) electrons. The van der Waals surface area contributed by atoms with Crippen molar-refractivity contribution in [2.45, 2.75) is 56.3 Å². The van der Waals surface area contributed by atoms with Crippen molar-refractivity contribution >= 4 is 8.56 Å². The molecule has 2 atom stereocenters. The first-order valence-electron chi connectivity index (χ1n) is 6.39. The molecule has 5 heteroatoms. The zero-order valence-electron chi connectivity index (χ0n) is 11.8. The van der Waals surface area contributed by atoms with Crippen LogP contribution in [0.4, 0.5) is 0 Å². The quantitative estimate of drug-likeness (QED) is 0.769. The minimum absolute atomic E-state index is 0.381. The van der Waals surface area contributed by atoms with Crippen molar-refractivity contribution in [1.82, 2.24) is 0 Å². The summed E-state index contributed by atoms with van der Waals surface area (Å²) in [6.07, 6.45) is 3.92. The highest BCUT2D eigenvalue weighted by molar-refractivity contribution is 6.71. The van der Waals surface area contributed by atoms with Gasteiger partial charge in [-0.05, 0) is 32.2 Å². The fourth-order valence-corrected chi connectivity index (χ4v) is 7.68. The van der Waals surface area contributed by atoms with Crippen molar-refractivity contribution in [3.63, 3.8) is 0 Å². The topological polar surface area (TPSA) is 53.7 Å². The van der Waals surface area contributed by atoms with Gasteiger partial charge in [-0.15, -0.1) is 0 Å². The van der Waals surface area contributed by atoms with E-state index in [4.69, 9.17) is 19.3 Å². The van der Waals surface area contributed by atoms with E-state index >= 15 is 0 Å². The Kier molecular flexibility index (Phi) is 4.77. The first kappa shape index (κ1) is 15.1. The molecule has 1 saturated heterocycles. The van der Waals surface area contributed by atoms with E-state index in [9.17, 15) is 0 Å². The molecule has 0 saturated carbocycles. The summed E-state index contributed by atoms with van der Waals surface area (Å²) in [6, 6.07) is 0.959. The van der Waals surface area contributed by atoms with Gasteiger partial charge in [0.15, 0.2) is 0 Å². The molecule has 0 spiro atoms. The van der Waals surface area contributed by atoms with Crippen molar-refractivity contribution in [2.24, 2.45) is 5.73 Å². The average molecular weight is 261 g/mol. The summed E-state index contributed by atoms with van der Waals surface area (Å²) < 4.78 is 17.6. The van der Waals surface area contributed by atoms with Gasteiger partial charge in [-0.2, -0.15) is 0 Å². The summed E-state index contributed by atoms with van der Waals surface area (Å²) in [5.41, 5.74) is 6.15. The second kappa shape index (κ2) is 5.36. The summed E-state index contributed by atoms with van der Waals surface area (Å²) in [5, 5.41) is -0.448. The standard InChI is InChI=1S/C12H27NO3Si/c1-6-8-12(14-3)11(2,13)9-7-10-17(12,15-4)16-5/h6-10,13H2,1-5H3. The molecule has 0 amide bonds. The van der Waals surface area contributed by atoms with Crippen molar-refractivity contribution in [1.29, 1.82) is 0 Å². The van der Waals surface area contributed by atoms with Gasteiger partial charge in [0.25, 0.3) is 0 Å². The van der Waals surface area contributed by atoms with Crippen LogP contribution in [0.3, 0.4) is 0 Å². The molecule has 1 rings (SSSR count). The molecule has 0 aliphatic carbocycles. The van der Waals surface area contributed by atoms with Gasteiger partial charge in [0.05, 0.1) is 0 Å². The van der Waals surface area contributed by atoms with E-state index in [1.165, 1.54) is 0 Å². The lowest BCUT2D eigenvalue weighted by Crippen LogP contribution is -2.77. The SMILES string of the molecule is CCCC1(OC)C(C)(N)CCC[Si]1(OC)OC. The Morgan fingerprint density at radius 1 is 1.24 bits per heavy atom. The second-order valence-electron chi connectivity index (χ2n) is 5.21. The lowest BCUT2D eigenvalue weighted by atomic mass is 9.86. The maximum Gasteiger partial charge on any atom is 0.372 e. The van der Waals surface area contributed by atoms with E-state index < -0.39 is 13.8 Å². The van der Waals surface area contributed by atoms with Crippen LogP contribution in [0.5, 0.6) is 0 Å². The Balaban J connectivity index is 3.26. The number of ether oxygens (including phenoxy) is 1. The van der Waals surface area contributed by atoms with E-state index in [1.807, 2.05) is 0 Å². The van der Waals surface area contributed by atoms with Crippen LogP contribution in [-0.2, 0) is 13.6 Å². The van der Waals surface area contributed by atoms with Crippen LogP contribution in [0.2, 0.25) is 6.04 Å². The molecule has 1 heterocycles. The van der Waals surface area contributed by atoms with Crippen LogP contribution < -0.4 is 5.73 Å². The summed E-state index contributed by atoms with van der Waals surface area (Å²) in [7, 11) is 2.80. The number of rotatable bonds is 5. The third-order valence-corrected chi connectivity index (χ3v) is 8.94. The molecule has 102 valence electrons. The van der Waals surface area contributed by atoms with Gasteiger partial charge in [-0.25, -0.2) is 0 Å². The maximum absolute atomic E-state index is 6.53. The molecule has 0 aromatic heterocycles. The molecule has 2 unspecified atom stereocenters. The maximum atomic E-state index is 6.53. The summed E-state index contributed by atoms with van der Waals surface area (Å²) >= 11 is 0. The Morgan fingerprint density at radius 3 is 2.24 bits per heavy atom. The predicted molar refractivity (Wildman–Crippen MR) is 71.1 cm³/mol. The fourth-order valence-electron chi connectivity index (χ4n) is 3.46. The predicted octanol–water partition coefficient (Wildman–Crippen LogP) is 1.96. The van der Waals surface area contributed by atoms with Crippen LogP contribution in [0, 0.1) is 0 Å². The first-order chi connectivity index (χ1) is 7.95. The molecule has 0 bridgehead atoms. The molecule has 0 aromatic rings. The Hall–Kier alpha value is 0.0569. The van der Waals surface area contributed by atoms with Crippen LogP contribution in [0.15, 0.2) is 0 Å². The van der Waals surface area contributed by atoms with Gasteiger partial charge in [-0.1, -0.05) is 13.3 Å². The molecule has 2 N–H and O–H groups in total. The van der Waals surface area contributed by atoms with Crippen LogP contribution in [0.25, 0.3) is 0 Å². The van der Waals surface area contributed by atoms with Crippen LogP contribution >= 0.6 is 0 Å².